The Bertz CT molecular complexity index is 1110. The van der Waals surface area contributed by atoms with Gasteiger partial charge in [0.25, 0.3) is 0 Å². The fourth-order valence-corrected chi connectivity index (χ4v) is 4.18. The lowest BCUT2D eigenvalue weighted by Crippen LogP contribution is -2.48. The maximum Gasteiger partial charge on any atom is 0.341 e. The van der Waals surface area contributed by atoms with Crippen molar-refractivity contribution in [2.45, 2.75) is 19.9 Å². The topological polar surface area (TPSA) is 101 Å². The van der Waals surface area contributed by atoms with Crippen molar-refractivity contribution in [1.82, 2.24) is 9.47 Å². The number of anilines is 1. The van der Waals surface area contributed by atoms with Gasteiger partial charge in [-0.2, -0.15) is 0 Å². The van der Waals surface area contributed by atoms with Crippen molar-refractivity contribution in [3.63, 3.8) is 0 Å². The number of benzene rings is 1. The smallest absolute Gasteiger partial charge is 0.341 e. The SMILES string of the molecule is CCOC(=O)CN1CCN(c2c(F)cc3c(=O)c(C(=O)O)cn4c3c2OC[C@@H]4C)CC1. The molecule has 0 bridgehead atoms. The minimum absolute atomic E-state index is 0.0105. The van der Waals surface area contributed by atoms with E-state index in [1.807, 2.05) is 16.7 Å². The van der Waals surface area contributed by atoms with Gasteiger partial charge in [0, 0.05) is 32.4 Å². The second-order valence-electron chi connectivity index (χ2n) is 7.74. The van der Waals surface area contributed by atoms with Gasteiger partial charge in [-0.25, -0.2) is 9.18 Å². The fourth-order valence-electron chi connectivity index (χ4n) is 4.18. The Kier molecular flexibility index (Phi) is 5.57. The quantitative estimate of drug-likeness (QED) is 0.708. The first-order valence-corrected chi connectivity index (χ1v) is 10.2. The summed E-state index contributed by atoms with van der Waals surface area (Å²) in [5.41, 5.74) is -0.472. The molecule has 4 rings (SSSR count). The number of aromatic carboxylic acids is 1. The van der Waals surface area contributed by atoms with Crippen LogP contribution in [-0.4, -0.2) is 72.4 Å². The lowest BCUT2D eigenvalue weighted by Gasteiger charge is -2.37. The summed E-state index contributed by atoms with van der Waals surface area (Å²) in [5.74, 6) is -2.03. The van der Waals surface area contributed by atoms with E-state index in [1.54, 1.807) is 11.5 Å². The van der Waals surface area contributed by atoms with E-state index in [4.69, 9.17) is 9.47 Å². The highest BCUT2D eigenvalue weighted by molar-refractivity contribution is 5.97. The van der Waals surface area contributed by atoms with Gasteiger partial charge in [-0.1, -0.05) is 0 Å². The van der Waals surface area contributed by atoms with E-state index in [1.165, 1.54) is 6.20 Å². The zero-order valence-corrected chi connectivity index (χ0v) is 17.4. The highest BCUT2D eigenvalue weighted by Crippen LogP contribution is 2.42. The maximum atomic E-state index is 15.2. The van der Waals surface area contributed by atoms with Crippen LogP contribution >= 0.6 is 0 Å². The Labute approximate surface area is 177 Å². The fraction of sp³-hybridized carbons (Fsp3) is 0.476. The van der Waals surface area contributed by atoms with E-state index in [2.05, 4.69) is 0 Å². The molecule has 2 aromatic rings. The molecule has 0 amide bonds. The van der Waals surface area contributed by atoms with Gasteiger partial charge in [0.15, 0.2) is 11.6 Å². The van der Waals surface area contributed by atoms with Crippen LogP contribution in [0.2, 0.25) is 0 Å². The van der Waals surface area contributed by atoms with Crippen molar-refractivity contribution in [3.8, 4) is 5.75 Å². The molecule has 31 heavy (non-hydrogen) atoms. The van der Waals surface area contributed by atoms with Crippen LogP contribution in [0.3, 0.4) is 0 Å². The van der Waals surface area contributed by atoms with Crippen LogP contribution in [0.1, 0.15) is 30.2 Å². The number of carboxylic acids is 1. The molecule has 9 nitrogen and oxygen atoms in total. The third kappa shape index (κ3) is 3.71. The molecule has 1 aromatic carbocycles. The molecule has 1 saturated heterocycles. The number of pyridine rings is 1. The van der Waals surface area contributed by atoms with E-state index in [0.29, 0.717) is 38.3 Å². The van der Waals surface area contributed by atoms with Crippen LogP contribution in [0.4, 0.5) is 10.1 Å². The molecule has 166 valence electrons. The number of rotatable bonds is 5. The van der Waals surface area contributed by atoms with E-state index < -0.39 is 22.8 Å². The molecule has 1 aromatic heterocycles. The molecular weight excluding hydrogens is 409 g/mol. The largest absolute Gasteiger partial charge is 0.487 e. The summed E-state index contributed by atoms with van der Waals surface area (Å²) < 4.78 is 27.8. The lowest BCUT2D eigenvalue weighted by atomic mass is 10.1. The number of hydrogen-bond donors (Lipinski definition) is 1. The van der Waals surface area contributed by atoms with Gasteiger partial charge >= 0.3 is 11.9 Å². The van der Waals surface area contributed by atoms with Gasteiger partial charge in [-0.3, -0.25) is 14.5 Å². The van der Waals surface area contributed by atoms with Crippen molar-refractivity contribution in [3.05, 3.63) is 33.9 Å². The van der Waals surface area contributed by atoms with Crippen molar-refractivity contribution in [2.75, 3.05) is 50.8 Å². The molecule has 2 aliphatic heterocycles. The molecule has 0 unspecified atom stereocenters. The standard InChI is InChI=1S/C21H24FN3O6/c1-3-30-16(26)10-23-4-6-24(7-5-23)18-15(22)8-13-17-20(18)31-11-12(2)25(17)9-14(19(13)27)21(28)29/h8-9,12H,3-7,10-11H2,1-2H3,(H,28,29)/t12-/m0/s1. The first-order valence-electron chi connectivity index (χ1n) is 10.2. The predicted molar refractivity (Wildman–Crippen MR) is 111 cm³/mol. The number of carbonyl (C=O) groups excluding carboxylic acids is 1. The summed E-state index contributed by atoms with van der Waals surface area (Å²) in [6, 6.07) is 0.889. The number of esters is 1. The minimum Gasteiger partial charge on any atom is -0.487 e. The van der Waals surface area contributed by atoms with Crippen LogP contribution in [0.5, 0.6) is 5.75 Å². The molecule has 0 saturated carbocycles. The Hall–Kier alpha value is -3.14. The number of halogens is 1. The minimum atomic E-state index is -1.35. The van der Waals surface area contributed by atoms with Gasteiger partial charge in [0.2, 0.25) is 5.43 Å². The number of aromatic nitrogens is 1. The number of carbonyl (C=O) groups is 2. The van der Waals surface area contributed by atoms with E-state index in [9.17, 15) is 19.5 Å². The molecule has 3 heterocycles. The van der Waals surface area contributed by atoms with Crippen LogP contribution in [0.25, 0.3) is 10.9 Å². The second-order valence-corrected chi connectivity index (χ2v) is 7.74. The van der Waals surface area contributed by atoms with Gasteiger partial charge in [0.05, 0.1) is 30.1 Å². The van der Waals surface area contributed by atoms with Crippen molar-refractivity contribution < 1.29 is 28.6 Å². The normalized spacial score (nSPS) is 18.7. The summed E-state index contributed by atoms with van der Waals surface area (Å²) in [6.45, 7) is 6.33. The first kappa shape index (κ1) is 21.1. The number of ether oxygens (including phenoxy) is 2. The van der Waals surface area contributed by atoms with Crippen molar-refractivity contribution in [1.29, 1.82) is 0 Å². The second kappa shape index (κ2) is 8.18. The molecule has 2 aliphatic rings. The predicted octanol–water partition coefficient (Wildman–Crippen LogP) is 1.48. The summed E-state index contributed by atoms with van der Waals surface area (Å²) in [6.07, 6.45) is 1.31. The highest BCUT2D eigenvalue weighted by atomic mass is 19.1. The third-order valence-electron chi connectivity index (χ3n) is 5.72. The number of carboxylic acid groups (broad SMARTS) is 1. The van der Waals surface area contributed by atoms with E-state index in [-0.39, 0.29) is 42.0 Å². The zero-order chi connectivity index (χ0) is 22.3. The van der Waals surface area contributed by atoms with Crippen LogP contribution in [0, 0.1) is 5.82 Å². The molecule has 1 atom stereocenters. The van der Waals surface area contributed by atoms with Crippen LogP contribution in [-0.2, 0) is 9.53 Å². The molecule has 10 heteroatoms. The first-order chi connectivity index (χ1) is 14.8. The summed E-state index contributed by atoms with van der Waals surface area (Å²) in [5, 5.41) is 9.37. The van der Waals surface area contributed by atoms with E-state index in [0.717, 1.165) is 6.07 Å². The van der Waals surface area contributed by atoms with Crippen molar-refractivity contribution in [2.24, 2.45) is 0 Å². The number of nitrogens with zero attached hydrogens (tertiary/aromatic N) is 3. The molecule has 1 fully saturated rings. The molecular formula is C21H24FN3O6. The number of hydrogen-bond acceptors (Lipinski definition) is 7. The monoisotopic (exact) mass is 433 g/mol. The van der Waals surface area contributed by atoms with Gasteiger partial charge < -0.3 is 24.0 Å². The van der Waals surface area contributed by atoms with Crippen molar-refractivity contribution >= 4 is 28.5 Å². The van der Waals surface area contributed by atoms with E-state index >= 15 is 4.39 Å². The number of piperazine rings is 1. The van der Waals surface area contributed by atoms with Gasteiger partial charge in [0.1, 0.15) is 17.9 Å². The average Bonchev–Trinajstić information content (AvgIpc) is 2.72. The zero-order valence-electron chi connectivity index (χ0n) is 17.4. The molecule has 0 spiro atoms. The third-order valence-corrected chi connectivity index (χ3v) is 5.72. The Morgan fingerprint density at radius 3 is 2.65 bits per heavy atom. The van der Waals surface area contributed by atoms with Crippen LogP contribution in [0.15, 0.2) is 17.1 Å². The average molecular weight is 433 g/mol. The van der Waals surface area contributed by atoms with Crippen LogP contribution < -0.4 is 15.1 Å². The Balaban J connectivity index is 1.72. The lowest BCUT2D eigenvalue weighted by molar-refractivity contribution is -0.144. The Morgan fingerprint density at radius 2 is 2.00 bits per heavy atom. The molecule has 0 aliphatic carbocycles. The Morgan fingerprint density at radius 1 is 1.29 bits per heavy atom. The van der Waals surface area contributed by atoms with Gasteiger partial charge in [-0.15, -0.1) is 0 Å². The summed E-state index contributed by atoms with van der Waals surface area (Å²) in [7, 11) is 0. The highest BCUT2D eigenvalue weighted by Gasteiger charge is 2.31. The summed E-state index contributed by atoms with van der Waals surface area (Å²) >= 11 is 0. The molecule has 1 N–H and O–H groups in total. The molecule has 0 radical (unpaired) electrons. The van der Waals surface area contributed by atoms with Gasteiger partial charge in [-0.05, 0) is 19.9 Å². The maximum absolute atomic E-state index is 15.2. The summed E-state index contributed by atoms with van der Waals surface area (Å²) in [4.78, 5) is 39.7.